The molecule has 1 unspecified atom stereocenters. The first-order valence-corrected chi connectivity index (χ1v) is 4.17. The Morgan fingerprint density at radius 1 is 1.46 bits per heavy atom. The summed E-state index contributed by atoms with van der Waals surface area (Å²) in [5.74, 6) is -0.258. The first-order chi connectivity index (χ1) is 6.22. The SMILES string of the molecule is NCC(N)CNc1cccc(F)c1. The second-order valence-corrected chi connectivity index (χ2v) is 2.89. The van der Waals surface area contributed by atoms with Crippen LogP contribution in [0.5, 0.6) is 0 Å². The molecule has 4 heteroatoms. The summed E-state index contributed by atoms with van der Waals surface area (Å²) in [5.41, 5.74) is 11.6. The molecule has 5 N–H and O–H groups in total. The average molecular weight is 183 g/mol. The van der Waals surface area contributed by atoms with Crippen molar-refractivity contribution in [3.05, 3.63) is 30.1 Å². The van der Waals surface area contributed by atoms with Crippen molar-refractivity contribution in [3.63, 3.8) is 0 Å². The molecule has 0 aromatic heterocycles. The summed E-state index contributed by atoms with van der Waals surface area (Å²) >= 11 is 0. The summed E-state index contributed by atoms with van der Waals surface area (Å²) in [5, 5.41) is 2.99. The van der Waals surface area contributed by atoms with Crippen molar-refractivity contribution >= 4 is 5.69 Å². The van der Waals surface area contributed by atoms with Crippen molar-refractivity contribution in [2.24, 2.45) is 11.5 Å². The summed E-state index contributed by atoms with van der Waals surface area (Å²) in [4.78, 5) is 0. The zero-order valence-electron chi connectivity index (χ0n) is 7.33. The van der Waals surface area contributed by atoms with Gasteiger partial charge in [-0.1, -0.05) is 6.07 Å². The van der Waals surface area contributed by atoms with Crippen LogP contribution in [-0.4, -0.2) is 19.1 Å². The maximum absolute atomic E-state index is 12.7. The van der Waals surface area contributed by atoms with Crippen molar-refractivity contribution in [3.8, 4) is 0 Å². The molecule has 0 saturated carbocycles. The van der Waals surface area contributed by atoms with Crippen LogP contribution < -0.4 is 16.8 Å². The van der Waals surface area contributed by atoms with E-state index in [1.807, 2.05) is 0 Å². The number of benzene rings is 1. The van der Waals surface area contributed by atoms with E-state index >= 15 is 0 Å². The highest BCUT2D eigenvalue weighted by Crippen LogP contribution is 2.08. The van der Waals surface area contributed by atoms with Gasteiger partial charge in [0.15, 0.2) is 0 Å². The van der Waals surface area contributed by atoms with Crippen LogP contribution in [-0.2, 0) is 0 Å². The minimum atomic E-state index is -0.258. The van der Waals surface area contributed by atoms with Crippen LogP contribution in [0.3, 0.4) is 0 Å². The highest BCUT2D eigenvalue weighted by atomic mass is 19.1. The molecule has 1 aromatic rings. The fraction of sp³-hybridized carbons (Fsp3) is 0.333. The average Bonchev–Trinajstić information content (AvgIpc) is 2.14. The van der Waals surface area contributed by atoms with E-state index in [-0.39, 0.29) is 11.9 Å². The minimum absolute atomic E-state index is 0.0942. The van der Waals surface area contributed by atoms with E-state index in [2.05, 4.69) is 5.32 Å². The van der Waals surface area contributed by atoms with Crippen LogP contribution in [0.4, 0.5) is 10.1 Å². The lowest BCUT2D eigenvalue weighted by Crippen LogP contribution is -2.36. The molecule has 0 fully saturated rings. The number of halogens is 1. The van der Waals surface area contributed by atoms with Gasteiger partial charge < -0.3 is 16.8 Å². The summed E-state index contributed by atoms with van der Waals surface area (Å²) in [7, 11) is 0. The number of hydrogen-bond donors (Lipinski definition) is 3. The van der Waals surface area contributed by atoms with Crippen LogP contribution in [0.1, 0.15) is 0 Å². The van der Waals surface area contributed by atoms with Crippen LogP contribution in [0.25, 0.3) is 0 Å². The van der Waals surface area contributed by atoms with Gasteiger partial charge in [0.2, 0.25) is 0 Å². The van der Waals surface area contributed by atoms with Gasteiger partial charge in [0.25, 0.3) is 0 Å². The molecule has 0 bridgehead atoms. The van der Waals surface area contributed by atoms with Crippen LogP contribution >= 0.6 is 0 Å². The lowest BCUT2D eigenvalue weighted by molar-refractivity contribution is 0.628. The molecule has 1 atom stereocenters. The van der Waals surface area contributed by atoms with E-state index < -0.39 is 0 Å². The predicted octanol–water partition coefficient (Wildman–Crippen LogP) is 0.524. The molecule has 0 amide bonds. The van der Waals surface area contributed by atoms with Gasteiger partial charge in [0.1, 0.15) is 5.82 Å². The normalized spacial score (nSPS) is 12.5. The topological polar surface area (TPSA) is 64.1 Å². The smallest absolute Gasteiger partial charge is 0.125 e. The number of rotatable bonds is 4. The molecule has 13 heavy (non-hydrogen) atoms. The van der Waals surface area contributed by atoms with E-state index in [0.717, 1.165) is 5.69 Å². The molecule has 0 aliphatic rings. The molecule has 72 valence electrons. The lowest BCUT2D eigenvalue weighted by atomic mass is 10.2. The Morgan fingerprint density at radius 3 is 2.85 bits per heavy atom. The quantitative estimate of drug-likeness (QED) is 0.637. The highest BCUT2D eigenvalue weighted by molar-refractivity contribution is 5.43. The molecular formula is C9H14FN3. The zero-order valence-corrected chi connectivity index (χ0v) is 7.33. The maximum atomic E-state index is 12.7. The van der Waals surface area contributed by atoms with Gasteiger partial charge in [-0.25, -0.2) is 4.39 Å². The van der Waals surface area contributed by atoms with Gasteiger partial charge >= 0.3 is 0 Å². The third-order valence-electron chi connectivity index (χ3n) is 1.70. The van der Waals surface area contributed by atoms with Gasteiger partial charge in [-0.05, 0) is 18.2 Å². The monoisotopic (exact) mass is 183 g/mol. The molecule has 0 spiro atoms. The summed E-state index contributed by atoms with van der Waals surface area (Å²) in [6.07, 6.45) is 0. The van der Waals surface area contributed by atoms with Crippen molar-refractivity contribution in [1.82, 2.24) is 0 Å². The van der Waals surface area contributed by atoms with E-state index in [4.69, 9.17) is 11.5 Å². The Labute approximate surface area is 76.9 Å². The van der Waals surface area contributed by atoms with E-state index in [0.29, 0.717) is 13.1 Å². The second-order valence-electron chi connectivity index (χ2n) is 2.89. The first kappa shape index (κ1) is 9.95. The Bertz CT molecular complexity index is 265. The van der Waals surface area contributed by atoms with Crippen LogP contribution in [0.15, 0.2) is 24.3 Å². The third-order valence-corrected chi connectivity index (χ3v) is 1.70. The molecule has 0 aliphatic carbocycles. The van der Waals surface area contributed by atoms with Gasteiger partial charge in [-0.15, -0.1) is 0 Å². The highest BCUT2D eigenvalue weighted by Gasteiger charge is 1.99. The molecule has 1 aromatic carbocycles. The number of nitrogens with one attached hydrogen (secondary N) is 1. The fourth-order valence-electron chi connectivity index (χ4n) is 0.931. The van der Waals surface area contributed by atoms with Crippen molar-refractivity contribution in [2.75, 3.05) is 18.4 Å². The molecule has 3 nitrogen and oxygen atoms in total. The van der Waals surface area contributed by atoms with Gasteiger partial charge in [0.05, 0.1) is 0 Å². The summed E-state index contributed by atoms with van der Waals surface area (Å²) in [6, 6.07) is 6.15. The number of hydrogen-bond acceptors (Lipinski definition) is 3. The van der Waals surface area contributed by atoms with Crippen molar-refractivity contribution < 1.29 is 4.39 Å². The zero-order chi connectivity index (χ0) is 9.68. The Hall–Kier alpha value is -1.13. The Morgan fingerprint density at radius 2 is 2.23 bits per heavy atom. The predicted molar refractivity (Wildman–Crippen MR) is 51.9 cm³/mol. The van der Waals surface area contributed by atoms with E-state index in [1.54, 1.807) is 12.1 Å². The lowest BCUT2D eigenvalue weighted by Gasteiger charge is -2.10. The first-order valence-electron chi connectivity index (χ1n) is 4.17. The van der Waals surface area contributed by atoms with E-state index in [1.165, 1.54) is 12.1 Å². The molecule has 0 heterocycles. The van der Waals surface area contributed by atoms with Crippen LogP contribution in [0.2, 0.25) is 0 Å². The van der Waals surface area contributed by atoms with E-state index in [9.17, 15) is 4.39 Å². The van der Waals surface area contributed by atoms with Crippen molar-refractivity contribution in [1.29, 1.82) is 0 Å². The Balaban J connectivity index is 2.45. The molecule has 1 rings (SSSR count). The third kappa shape index (κ3) is 3.40. The summed E-state index contributed by atoms with van der Waals surface area (Å²) in [6.45, 7) is 0.974. The maximum Gasteiger partial charge on any atom is 0.125 e. The largest absolute Gasteiger partial charge is 0.383 e. The molecule has 0 saturated heterocycles. The van der Waals surface area contributed by atoms with Gasteiger partial charge in [-0.2, -0.15) is 0 Å². The Kier molecular flexibility index (Phi) is 3.67. The molecule has 0 aliphatic heterocycles. The molecular weight excluding hydrogens is 169 g/mol. The second kappa shape index (κ2) is 4.79. The fourth-order valence-corrected chi connectivity index (χ4v) is 0.931. The van der Waals surface area contributed by atoms with Crippen LogP contribution in [0, 0.1) is 5.82 Å². The van der Waals surface area contributed by atoms with Crippen molar-refractivity contribution in [2.45, 2.75) is 6.04 Å². The molecule has 0 radical (unpaired) electrons. The number of anilines is 1. The standard InChI is InChI=1S/C9H14FN3/c10-7-2-1-3-9(4-7)13-6-8(12)5-11/h1-4,8,13H,5-6,11-12H2. The van der Waals surface area contributed by atoms with Gasteiger partial charge in [-0.3, -0.25) is 0 Å². The van der Waals surface area contributed by atoms with Gasteiger partial charge in [0, 0.05) is 24.8 Å². The minimum Gasteiger partial charge on any atom is -0.383 e. The summed E-state index contributed by atoms with van der Waals surface area (Å²) < 4.78 is 12.7. The number of nitrogens with two attached hydrogens (primary N) is 2.